The van der Waals surface area contributed by atoms with Crippen molar-refractivity contribution < 1.29 is 4.79 Å². The second kappa shape index (κ2) is 5.00. The van der Waals surface area contributed by atoms with E-state index in [-0.39, 0.29) is 11.3 Å². The van der Waals surface area contributed by atoms with Crippen LogP contribution in [0.3, 0.4) is 0 Å². The number of amides is 1. The molecule has 1 N–H and O–H groups in total. The fourth-order valence-corrected chi connectivity index (χ4v) is 3.00. The average molecular weight is 237 g/mol. The molecule has 88 valence electrons. The summed E-state index contributed by atoms with van der Waals surface area (Å²) in [6, 6.07) is 4.09. The van der Waals surface area contributed by atoms with Crippen molar-refractivity contribution in [3.63, 3.8) is 0 Å². The Balaban J connectivity index is 1.87. The van der Waals surface area contributed by atoms with E-state index in [0.29, 0.717) is 6.54 Å². The Morgan fingerprint density at radius 2 is 2.19 bits per heavy atom. The summed E-state index contributed by atoms with van der Waals surface area (Å²) in [5.74, 6) is 0.237. The highest BCUT2D eigenvalue weighted by molar-refractivity contribution is 7.09. The maximum absolute atomic E-state index is 12.1. The van der Waals surface area contributed by atoms with Crippen molar-refractivity contribution in [1.82, 2.24) is 5.32 Å². The molecule has 1 aliphatic carbocycles. The van der Waals surface area contributed by atoms with E-state index in [1.165, 1.54) is 24.1 Å². The molecule has 0 saturated heterocycles. The van der Waals surface area contributed by atoms with Gasteiger partial charge in [-0.05, 0) is 24.3 Å². The van der Waals surface area contributed by atoms with Gasteiger partial charge in [0.05, 0.1) is 6.54 Å². The normalized spacial score (nSPS) is 19.3. The zero-order valence-electron chi connectivity index (χ0n) is 9.79. The third-order valence-corrected chi connectivity index (χ3v) is 4.38. The molecule has 1 aromatic rings. The molecule has 2 rings (SSSR count). The molecule has 0 unspecified atom stereocenters. The number of nitrogens with one attached hydrogen (secondary N) is 1. The van der Waals surface area contributed by atoms with E-state index < -0.39 is 0 Å². The van der Waals surface area contributed by atoms with Gasteiger partial charge in [0.25, 0.3) is 0 Å². The highest BCUT2D eigenvalue weighted by atomic mass is 32.1. The molecule has 0 aromatic carbocycles. The maximum atomic E-state index is 12.1. The van der Waals surface area contributed by atoms with E-state index in [1.807, 2.05) is 11.4 Å². The van der Waals surface area contributed by atoms with Crippen molar-refractivity contribution >= 4 is 17.2 Å². The predicted molar refractivity (Wildman–Crippen MR) is 67.4 cm³/mol. The lowest BCUT2D eigenvalue weighted by atomic mass is 9.75. The first-order valence-corrected chi connectivity index (χ1v) is 6.89. The molecule has 0 atom stereocenters. The summed E-state index contributed by atoms with van der Waals surface area (Å²) in [7, 11) is 0. The van der Waals surface area contributed by atoms with Gasteiger partial charge in [0.15, 0.2) is 0 Å². The van der Waals surface area contributed by atoms with E-state index >= 15 is 0 Å². The maximum Gasteiger partial charge on any atom is 0.226 e. The Morgan fingerprint density at radius 3 is 2.81 bits per heavy atom. The summed E-state index contributed by atoms with van der Waals surface area (Å²) in [4.78, 5) is 13.3. The molecule has 1 aliphatic rings. The number of hydrogen-bond acceptors (Lipinski definition) is 2. The Bertz CT molecular complexity index is 339. The molecule has 1 aromatic heterocycles. The van der Waals surface area contributed by atoms with Crippen LogP contribution in [0.4, 0.5) is 0 Å². The lowest BCUT2D eigenvalue weighted by Crippen LogP contribution is -2.39. The highest BCUT2D eigenvalue weighted by Crippen LogP contribution is 2.35. The van der Waals surface area contributed by atoms with Crippen molar-refractivity contribution in [2.75, 3.05) is 0 Å². The zero-order valence-corrected chi connectivity index (χ0v) is 10.6. The quantitative estimate of drug-likeness (QED) is 0.858. The van der Waals surface area contributed by atoms with Gasteiger partial charge in [-0.15, -0.1) is 11.3 Å². The number of carbonyl (C=O) groups excluding carboxylic acids is 1. The fourth-order valence-electron chi connectivity index (χ4n) is 2.35. The molecular weight excluding hydrogens is 218 g/mol. The van der Waals surface area contributed by atoms with Crippen LogP contribution in [-0.4, -0.2) is 5.91 Å². The van der Waals surface area contributed by atoms with Gasteiger partial charge in [-0.2, -0.15) is 0 Å². The molecule has 2 nitrogen and oxygen atoms in total. The van der Waals surface area contributed by atoms with Crippen molar-refractivity contribution in [1.29, 1.82) is 0 Å². The van der Waals surface area contributed by atoms with E-state index in [1.54, 1.807) is 11.3 Å². The minimum atomic E-state index is -0.116. The van der Waals surface area contributed by atoms with Crippen LogP contribution in [0.15, 0.2) is 17.5 Å². The minimum Gasteiger partial charge on any atom is -0.351 e. The summed E-state index contributed by atoms with van der Waals surface area (Å²) < 4.78 is 0. The van der Waals surface area contributed by atoms with E-state index in [0.717, 1.165) is 12.8 Å². The van der Waals surface area contributed by atoms with Crippen molar-refractivity contribution in [2.24, 2.45) is 5.41 Å². The van der Waals surface area contributed by atoms with Crippen LogP contribution < -0.4 is 5.32 Å². The molecule has 0 aliphatic heterocycles. The van der Waals surface area contributed by atoms with Crippen LogP contribution in [0.1, 0.15) is 43.9 Å². The first kappa shape index (κ1) is 11.6. The highest BCUT2D eigenvalue weighted by Gasteiger charge is 2.34. The van der Waals surface area contributed by atoms with Gasteiger partial charge in [-0.1, -0.05) is 32.3 Å². The van der Waals surface area contributed by atoms with Crippen LogP contribution >= 0.6 is 11.3 Å². The van der Waals surface area contributed by atoms with Gasteiger partial charge in [-0.3, -0.25) is 4.79 Å². The topological polar surface area (TPSA) is 29.1 Å². The first-order chi connectivity index (χ1) is 7.71. The molecule has 0 radical (unpaired) electrons. The van der Waals surface area contributed by atoms with Crippen molar-refractivity contribution in [3.8, 4) is 0 Å². The largest absolute Gasteiger partial charge is 0.351 e. The third-order valence-electron chi connectivity index (χ3n) is 3.51. The summed E-state index contributed by atoms with van der Waals surface area (Å²) in [5.41, 5.74) is -0.116. The monoisotopic (exact) mass is 237 g/mol. The molecule has 1 heterocycles. The van der Waals surface area contributed by atoms with Crippen LogP contribution in [0.25, 0.3) is 0 Å². The second-order valence-electron chi connectivity index (χ2n) is 4.88. The lowest BCUT2D eigenvalue weighted by Gasteiger charge is -2.31. The molecule has 16 heavy (non-hydrogen) atoms. The van der Waals surface area contributed by atoms with Crippen LogP contribution in [-0.2, 0) is 11.3 Å². The molecule has 1 saturated carbocycles. The van der Waals surface area contributed by atoms with Gasteiger partial charge in [-0.25, -0.2) is 0 Å². The zero-order chi connectivity index (χ0) is 11.4. The Labute approximate surface area is 101 Å². The van der Waals surface area contributed by atoms with Gasteiger partial charge in [0, 0.05) is 10.3 Å². The van der Waals surface area contributed by atoms with Gasteiger partial charge >= 0.3 is 0 Å². The first-order valence-electron chi connectivity index (χ1n) is 6.01. The van der Waals surface area contributed by atoms with Gasteiger partial charge < -0.3 is 5.32 Å². The minimum absolute atomic E-state index is 0.116. The number of thiophene rings is 1. The predicted octanol–water partition coefficient (Wildman–Crippen LogP) is 3.33. The SMILES string of the molecule is CC1(C(=O)NCc2cccs2)CCCCC1. The molecule has 3 heteroatoms. The summed E-state index contributed by atoms with van der Waals surface area (Å²) in [5, 5.41) is 5.11. The Hall–Kier alpha value is -0.830. The molecular formula is C13H19NOS. The average Bonchev–Trinajstić information content (AvgIpc) is 2.79. The Kier molecular flexibility index (Phi) is 3.64. The molecule has 1 amide bonds. The van der Waals surface area contributed by atoms with Crippen LogP contribution in [0, 0.1) is 5.41 Å². The van der Waals surface area contributed by atoms with E-state index in [9.17, 15) is 4.79 Å². The molecule has 0 bridgehead atoms. The fraction of sp³-hybridized carbons (Fsp3) is 0.615. The van der Waals surface area contributed by atoms with Gasteiger partial charge in [0.2, 0.25) is 5.91 Å². The van der Waals surface area contributed by atoms with Gasteiger partial charge in [0.1, 0.15) is 0 Å². The Morgan fingerprint density at radius 1 is 1.44 bits per heavy atom. The summed E-state index contributed by atoms with van der Waals surface area (Å²) in [6.07, 6.45) is 5.77. The van der Waals surface area contributed by atoms with Crippen molar-refractivity contribution in [3.05, 3.63) is 22.4 Å². The number of hydrogen-bond donors (Lipinski definition) is 1. The van der Waals surface area contributed by atoms with Crippen LogP contribution in [0.5, 0.6) is 0 Å². The number of carbonyl (C=O) groups is 1. The number of rotatable bonds is 3. The lowest BCUT2D eigenvalue weighted by molar-refractivity contribution is -0.132. The van der Waals surface area contributed by atoms with E-state index in [4.69, 9.17) is 0 Å². The van der Waals surface area contributed by atoms with Crippen molar-refractivity contribution in [2.45, 2.75) is 45.6 Å². The standard InChI is InChI=1S/C13H19NOS/c1-13(7-3-2-4-8-13)12(15)14-10-11-6-5-9-16-11/h5-6,9H,2-4,7-8,10H2,1H3,(H,14,15). The molecule has 1 fully saturated rings. The third kappa shape index (κ3) is 2.64. The van der Waals surface area contributed by atoms with E-state index in [2.05, 4.69) is 18.3 Å². The summed E-state index contributed by atoms with van der Waals surface area (Å²) >= 11 is 1.70. The summed E-state index contributed by atoms with van der Waals surface area (Å²) in [6.45, 7) is 2.79. The van der Waals surface area contributed by atoms with Crippen LogP contribution in [0.2, 0.25) is 0 Å². The second-order valence-corrected chi connectivity index (χ2v) is 5.92. The smallest absolute Gasteiger partial charge is 0.226 e. The molecule has 0 spiro atoms.